The third-order valence-corrected chi connectivity index (χ3v) is 1.40. The van der Waals surface area contributed by atoms with Crippen molar-refractivity contribution in [2.45, 2.75) is 20.8 Å². The number of hydrogen-bond donors (Lipinski definition) is 0. The molecule has 0 unspecified atom stereocenters. The van der Waals surface area contributed by atoms with Crippen molar-refractivity contribution in [3.8, 4) is 0 Å². The molecule has 0 bridgehead atoms. The van der Waals surface area contributed by atoms with Crippen molar-refractivity contribution in [2.24, 2.45) is 0 Å². The lowest BCUT2D eigenvalue weighted by molar-refractivity contribution is 0.424. The van der Waals surface area contributed by atoms with Gasteiger partial charge in [0.25, 0.3) is 0 Å². The first-order valence-electron chi connectivity index (χ1n) is 4.05. The number of rotatable bonds is 0. The monoisotopic (exact) mass is 164 g/mol. The van der Waals surface area contributed by atoms with Gasteiger partial charge in [0.2, 0.25) is 0 Å². The lowest BCUT2D eigenvalue weighted by Crippen LogP contribution is -1.70. The Morgan fingerprint density at radius 3 is 2.75 bits per heavy atom. The van der Waals surface area contributed by atoms with E-state index in [0.29, 0.717) is 0 Å². The molecule has 12 heavy (non-hydrogen) atoms. The predicted octanol–water partition coefficient (Wildman–Crippen LogP) is 2.56. The Labute approximate surface area is 71.4 Å². The van der Waals surface area contributed by atoms with Crippen molar-refractivity contribution < 1.29 is 4.52 Å². The zero-order chi connectivity index (χ0) is 8.97. The van der Waals surface area contributed by atoms with Gasteiger partial charge in [-0.1, -0.05) is 19.9 Å². The zero-order valence-corrected chi connectivity index (χ0v) is 7.53. The maximum absolute atomic E-state index is 4.81. The van der Waals surface area contributed by atoms with Gasteiger partial charge in [-0.2, -0.15) is 0 Å². The molecule has 3 nitrogen and oxygen atoms in total. The van der Waals surface area contributed by atoms with Gasteiger partial charge in [0.1, 0.15) is 5.52 Å². The van der Waals surface area contributed by atoms with Gasteiger partial charge in [-0.3, -0.25) is 0 Å². The van der Waals surface area contributed by atoms with Crippen LogP contribution in [0.3, 0.4) is 0 Å². The molecule has 0 amide bonds. The molecule has 2 rings (SSSR count). The maximum atomic E-state index is 4.81. The largest absolute Gasteiger partial charge is 0.337 e. The second-order valence-electron chi connectivity index (χ2n) is 2.24. The number of nitrogens with zero attached hydrogens (tertiary/aromatic N) is 2. The summed E-state index contributed by atoms with van der Waals surface area (Å²) < 4.78 is 4.81. The third kappa shape index (κ3) is 1.61. The first-order chi connectivity index (χ1) is 5.86. The van der Waals surface area contributed by atoms with E-state index in [0.717, 1.165) is 11.1 Å². The van der Waals surface area contributed by atoms with E-state index >= 15 is 0 Å². The zero-order valence-electron chi connectivity index (χ0n) is 7.53. The summed E-state index contributed by atoms with van der Waals surface area (Å²) in [4.78, 5) is 0. The molecule has 0 radical (unpaired) electrons. The van der Waals surface area contributed by atoms with Crippen LogP contribution in [0.25, 0.3) is 11.1 Å². The third-order valence-electron chi connectivity index (χ3n) is 1.40. The number of aryl methyl sites for hydroxylation is 1. The molecule has 2 aromatic rings. The highest BCUT2D eigenvalue weighted by molar-refractivity contribution is 5.71. The fourth-order valence-corrected chi connectivity index (χ4v) is 0.891. The molecule has 0 saturated heterocycles. The van der Waals surface area contributed by atoms with Crippen LogP contribution >= 0.6 is 0 Å². The highest BCUT2D eigenvalue weighted by Crippen LogP contribution is 2.10. The summed E-state index contributed by atoms with van der Waals surface area (Å²) in [6.45, 7) is 6.01. The average Bonchev–Trinajstić information content (AvgIpc) is 2.54. The lowest BCUT2D eigenvalue weighted by Gasteiger charge is -1.85. The van der Waals surface area contributed by atoms with Gasteiger partial charge in [-0.05, 0) is 24.6 Å². The van der Waals surface area contributed by atoms with Gasteiger partial charge in [0.15, 0.2) is 5.58 Å². The molecule has 64 valence electrons. The SMILES string of the molecule is CC.Cc1ccc2onnc2c1. The van der Waals surface area contributed by atoms with Crippen LogP contribution in [0, 0.1) is 6.92 Å². The Kier molecular flexibility index (Phi) is 2.80. The summed E-state index contributed by atoms with van der Waals surface area (Å²) in [6.07, 6.45) is 0. The van der Waals surface area contributed by atoms with E-state index in [1.807, 2.05) is 39.0 Å². The molecule has 0 N–H and O–H groups in total. The standard InChI is InChI=1S/C7H6N2O.C2H6/c1-5-2-3-7-6(4-5)8-9-10-7;1-2/h2-4H,1H3;1-2H3. The molecule has 0 spiro atoms. The van der Waals surface area contributed by atoms with E-state index in [9.17, 15) is 0 Å². The molecular formula is C9H12N2O. The molecule has 0 aliphatic carbocycles. The minimum absolute atomic E-state index is 0.741. The van der Waals surface area contributed by atoms with Gasteiger partial charge < -0.3 is 4.52 Å². The average molecular weight is 164 g/mol. The normalized spacial score (nSPS) is 9.25. The molecule has 0 saturated carbocycles. The quantitative estimate of drug-likeness (QED) is 0.600. The van der Waals surface area contributed by atoms with E-state index in [4.69, 9.17) is 4.52 Å². The Hall–Kier alpha value is -1.38. The van der Waals surface area contributed by atoms with E-state index in [-0.39, 0.29) is 0 Å². The van der Waals surface area contributed by atoms with E-state index in [1.165, 1.54) is 5.56 Å². The van der Waals surface area contributed by atoms with Gasteiger partial charge in [-0.25, -0.2) is 0 Å². The number of benzene rings is 1. The first-order valence-corrected chi connectivity index (χ1v) is 4.05. The molecule has 3 heteroatoms. The summed E-state index contributed by atoms with van der Waals surface area (Å²) in [5.41, 5.74) is 2.73. The number of fused-ring (bicyclic) bond motifs is 1. The van der Waals surface area contributed by atoms with Crippen molar-refractivity contribution in [1.29, 1.82) is 0 Å². The highest BCUT2D eigenvalue weighted by atomic mass is 16.5. The number of aromatic nitrogens is 2. The topological polar surface area (TPSA) is 38.9 Å². The Morgan fingerprint density at radius 2 is 2.00 bits per heavy atom. The summed E-state index contributed by atoms with van der Waals surface area (Å²) in [5.74, 6) is 0. The van der Waals surface area contributed by atoms with Crippen LogP contribution in [0.2, 0.25) is 0 Å². The molecule has 1 aromatic carbocycles. The second kappa shape index (κ2) is 3.85. The smallest absolute Gasteiger partial charge is 0.187 e. The highest BCUT2D eigenvalue weighted by Gasteiger charge is 1.96. The van der Waals surface area contributed by atoms with Crippen LogP contribution in [0.4, 0.5) is 0 Å². The molecule has 0 fully saturated rings. The van der Waals surface area contributed by atoms with Crippen LogP contribution in [0.1, 0.15) is 19.4 Å². The van der Waals surface area contributed by atoms with Crippen molar-refractivity contribution >= 4 is 11.1 Å². The van der Waals surface area contributed by atoms with E-state index in [2.05, 4.69) is 10.4 Å². The Balaban J connectivity index is 0.000000336. The number of hydrogen-bond acceptors (Lipinski definition) is 3. The molecule has 0 aliphatic rings. The Morgan fingerprint density at radius 1 is 1.25 bits per heavy atom. The predicted molar refractivity (Wildman–Crippen MR) is 47.9 cm³/mol. The minimum atomic E-state index is 0.741. The van der Waals surface area contributed by atoms with E-state index in [1.54, 1.807) is 0 Å². The van der Waals surface area contributed by atoms with Crippen LogP contribution in [0.5, 0.6) is 0 Å². The fraction of sp³-hybridized carbons (Fsp3) is 0.333. The first kappa shape index (κ1) is 8.71. The second-order valence-corrected chi connectivity index (χ2v) is 2.24. The van der Waals surface area contributed by atoms with Crippen LogP contribution < -0.4 is 0 Å². The van der Waals surface area contributed by atoms with E-state index < -0.39 is 0 Å². The van der Waals surface area contributed by atoms with Crippen molar-refractivity contribution in [3.63, 3.8) is 0 Å². The van der Waals surface area contributed by atoms with Gasteiger partial charge in [0.05, 0.1) is 0 Å². The van der Waals surface area contributed by atoms with Crippen molar-refractivity contribution in [1.82, 2.24) is 10.4 Å². The maximum Gasteiger partial charge on any atom is 0.187 e. The molecule has 0 aliphatic heterocycles. The minimum Gasteiger partial charge on any atom is -0.337 e. The molecular weight excluding hydrogens is 152 g/mol. The summed E-state index contributed by atoms with van der Waals surface area (Å²) in [7, 11) is 0. The van der Waals surface area contributed by atoms with Crippen LogP contribution in [-0.4, -0.2) is 10.4 Å². The summed E-state index contributed by atoms with van der Waals surface area (Å²) in [5, 5.41) is 7.18. The van der Waals surface area contributed by atoms with Crippen molar-refractivity contribution in [2.75, 3.05) is 0 Å². The van der Waals surface area contributed by atoms with Crippen LogP contribution in [0.15, 0.2) is 22.7 Å². The van der Waals surface area contributed by atoms with Gasteiger partial charge in [0, 0.05) is 5.27 Å². The summed E-state index contributed by atoms with van der Waals surface area (Å²) >= 11 is 0. The fourth-order valence-electron chi connectivity index (χ4n) is 0.891. The van der Waals surface area contributed by atoms with Crippen molar-refractivity contribution in [3.05, 3.63) is 23.8 Å². The molecule has 1 aromatic heterocycles. The molecule has 1 heterocycles. The lowest BCUT2D eigenvalue weighted by atomic mass is 10.2. The van der Waals surface area contributed by atoms with Gasteiger partial charge >= 0.3 is 0 Å². The van der Waals surface area contributed by atoms with Gasteiger partial charge in [-0.15, -0.1) is 5.10 Å². The Bertz CT molecular complexity index is 354. The van der Waals surface area contributed by atoms with Crippen LogP contribution in [-0.2, 0) is 0 Å². The molecule has 0 atom stereocenters. The summed E-state index contributed by atoms with van der Waals surface area (Å²) in [6, 6.07) is 5.77.